The summed E-state index contributed by atoms with van der Waals surface area (Å²) in [5, 5.41) is 2.66. The van der Waals surface area contributed by atoms with Crippen molar-refractivity contribution in [3.05, 3.63) is 51.7 Å². The molecule has 0 aliphatic carbocycles. The summed E-state index contributed by atoms with van der Waals surface area (Å²) < 4.78 is 18.3. The second kappa shape index (κ2) is 8.01. The molecule has 2 aromatic rings. The molecule has 0 spiro atoms. The number of ether oxygens (including phenoxy) is 1. The number of nitrogens with zero attached hydrogens (tertiary/aromatic N) is 2. The minimum atomic E-state index is -0.907. The standard InChI is InChI=1S/C17H19FN2O3S/c1-11(23-16(21)8-15-10-24-12(2)19-15)17(22)20(3)9-13-5-4-6-14(18)7-13/h4-7,10-11H,8-9H2,1-3H3. The van der Waals surface area contributed by atoms with Gasteiger partial charge in [-0.2, -0.15) is 0 Å². The van der Waals surface area contributed by atoms with Crippen LogP contribution in [0.5, 0.6) is 0 Å². The van der Waals surface area contributed by atoms with E-state index in [1.54, 1.807) is 24.6 Å². The van der Waals surface area contributed by atoms with Gasteiger partial charge in [0.1, 0.15) is 5.82 Å². The molecule has 1 unspecified atom stereocenters. The number of benzene rings is 1. The van der Waals surface area contributed by atoms with Gasteiger partial charge in [0, 0.05) is 19.0 Å². The zero-order valence-electron chi connectivity index (χ0n) is 13.8. The van der Waals surface area contributed by atoms with Gasteiger partial charge < -0.3 is 9.64 Å². The maximum absolute atomic E-state index is 13.2. The fourth-order valence-electron chi connectivity index (χ4n) is 2.22. The van der Waals surface area contributed by atoms with Gasteiger partial charge in [0.05, 0.1) is 17.1 Å². The van der Waals surface area contributed by atoms with E-state index in [0.717, 1.165) is 5.01 Å². The van der Waals surface area contributed by atoms with Crippen molar-refractivity contribution in [3.8, 4) is 0 Å². The van der Waals surface area contributed by atoms with Crippen molar-refractivity contribution in [1.29, 1.82) is 0 Å². The van der Waals surface area contributed by atoms with Gasteiger partial charge in [-0.25, -0.2) is 9.37 Å². The highest BCUT2D eigenvalue weighted by molar-refractivity contribution is 7.09. The third kappa shape index (κ3) is 5.13. The number of carbonyl (C=O) groups is 2. The first-order chi connectivity index (χ1) is 11.3. The van der Waals surface area contributed by atoms with Crippen molar-refractivity contribution in [2.75, 3.05) is 7.05 Å². The number of thiazole rings is 1. The molecule has 0 radical (unpaired) electrons. The molecule has 1 aromatic carbocycles. The Hall–Kier alpha value is -2.28. The van der Waals surface area contributed by atoms with E-state index in [1.165, 1.54) is 35.3 Å². The molecule has 0 bridgehead atoms. The number of hydrogen-bond acceptors (Lipinski definition) is 5. The Kier molecular flexibility index (Phi) is 6.03. The number of amides is 1. The Labute approximate surface area is 144 Å². The third-order valence-corrected chi connectivity index (χ3v) is 4.16. The number of aromatic nitrogens is 1. The molecule has 1 aromatic heterocycles. The fraction of sp³-hybridized carbons (Fsp3) is 0.353. The number of carbonyl (C=O) groups excluding carboxylic acids is 2. The van der Waals surface area contributed by atoms with Gasteiger partial charge in [0.25, 0.3) is 5.91 Å². The summed E-state index contributed by atoms with van der Waals surface area (Å²) in [4.78, 5) is 29.7. The van der Waals surface area contributed by atoms with Crippen LogP contribution in [0.2, 0.25) is 0 Å². The Morgan fingerprint density at radius 2 is 2.17 bits per heavy atom. The van der Waals surface area contributed by atoms with Gasteiger partial charge in [-0.05, 0) is 31.5 Å². The van der Waals surface area contributed by atoms with Crippen LogP contribution in [0.15, 0.2) is 29.6 Å². The first-order valence-corrected chi connectivity index (χ1v) is 8.33. The Balaban J connectivity index is 1.87. The summed E-state index contributed by atoms with van der Waals surface area (Å²) in [6.45, 7) is 3.62. The summed E-state index contributed by atoms with van der Waals surface area (Å²) in [6, 6.07) is 6.03. The molecule has 0 saturated carbocycles. The maximum Gasteiger partial charge on any atom is 0.312 e. The lowest BCUT2D eigenvalue weighted by Gasteiger charge is -2.21. The topological polar surface area (TPSA) is 59.5 Å². The van der Waals surface area contributed by atoms with Gasteiger partial charge in [-0.1, -0.05) is 12.1 Å². The maximum atomic E-state index is 13.2. The minimum absolute atomic E-state index is 0.0373. The molecule has 1 amide bonds. The minimum Gasteiger partial charge on any atom is -0.452 e. The average Bonchev–Trinajstić information content (AvgIpc) is 2.91. The molecule has 2 rings (SSSR count). The average molecular weight is 350 g/mol. The number of halogens is 1. The number of likely N-dealkylation sites (N-methyl/N-ethyl adjacent to an activating group) is 1. The van der Waals surface area contributed by atoms with Crippen LogP contribution < -0.4 is 0 Å². The Morgan fingerprint density at radius 1 is 1.42 bits per heavy atom. The lowest BCUT2D eigenvalue weighted by Crippen LogP contribution is -2.37. The van der Waals surface area contributed by atoms with Crippen molar-refractivity contribution in [2.45, 2.75) is 32.9 Å². The molecule has 0 saturated heterocycles. The number of rotatable bonds is 6. The van der Waals surface area contributed by atoms with E-state index in [2.05, 4.69) is 4.98 Å². The van der Waals surface area contributed by atoms with Crippen LogP contribution in [0.25, 0.3) is 0 Å². The second-order valence-corrected chi connectivity index (χ2v) is 6.55. The summed E-state index contributed by atoms with van der Waals surface area (Å²) in [5.41, 5.74) is 1.30. The van der Waals surface area contributed by atoms with Crippen LogP contribution in [0, 0.1) is 12.7 Å². The van der Waals surface area contributed by atoms with E-state index in [0.29, 0.717) is 11.3 Å². The monoisotopic (exact) mass is 350 g/mol. The Morgan fingerprint density at radius 3 is 2.79 bits per heavy atom. The van der Waals surface area contributed by atoms with Gasteiger partial charge >= 0.3 is 5.97 Å². The molecule has 7 heteroatoms. The van der Waals surface area contributed by atoms with E-state index < -0.39 is 12.1 Å². The zero-order chi connectivity index (χ0) is 17.7. The lowest BCUT2D eigenvalue weighted by molar-refractivity contribution is -0.158. The Bertz CT molecular complexity index is 732. The van der Waals surface area contributed by atoms with Crippen molar-refractivity contribution >= 4 is 23.2 Å². The zero-order valence-corrected chi connectivity index (χ0v) is 14.6. The molecule has 128 valence electrons. The largest absolute Gasteiger partial charge is 0.452 e. The SMILES string of the molecule is Cc1nc(CC(=O)OC(C)C(=O)N(C)Cc2cccc(F)c2)cs1. The van der Waals surface area contributed by atoms with Crippen LogP contribution in [-0.4, -0.2) is 34.9 Å². The fourth-order valence-corrected chi connectivity index (χ4v) is 2.84. The lowest BCUT2D eigenvalue weighted by atomic mass is 10.2. The van der Waals surface area contributed by atoms with Crippen LogP contribution in [0.1, 0.15) is 23.2 Å². The van der Waals surface area contributed by atoms with Crippen molar-refractivity contribution in [2.24, 2.45) is 0 Å². The molecule has 1 heterocycles. The van der Waals surface area contributed by atoms with E-state index in [4.69, 9.17) is 4.74 Å². The molecule has 0 aliphatic heterocycles. The molecular formula is C17H19FN2O3S. The molecule has 0 aliphatic rings. The van der Waals surface area contributed by atoms with E-state index >= 15 is 0 Å². The van der Waals surface area contributed by atoms with E-state index in [1.807, 2.05) is 6.92 Å². The van der Waals surface area contributed by atoms with Gasteiger partial charge in [0.15, 0.2) is 6.10 Å². The molecule has 24 heavy (non-hydrogen) atoms. The molecule has 1 atom stereocenters. The molecular weight excluding hydrogens is 331 g/mol. The number of aryl methyl sites for hydroxylation is 1. The van der Waals surface area contributed by atoms with E-state index in [9.17, 15) is 14.0 Å². The van der Waals surface area contributed by atoms with E-state index in [-0.39, 0.29) is 24.7 Å². The quantitative estimate of drug-likeness (QED) is 0.752. The first-order valence-electron chi connectivity index (χ1n) is 7.45. The smallest absolute Gasteiger partial charge is 0.312 e. The third-order valence-electron chi connectivity index (χ3n) is 3.33. The van der Waals surface area contributed by atoms with Crippen molar-refractivity contribution < 1.29 is 18.7 Å². The number of hydrogen-bond donors (Lipinski definition) is 0. The van der Waals surface area contributed by atoms with Gasteiger partial charge in [-0.3, -0.25) is 9.59 Å². The van der Waals surface area contributed by atoms with Gasteiger partial charge in [-0.15, -0.1) is 11.3 Å². The molecule has 5 nitrogen and oxygen atoms in total. The van der Waals surface area contributed by atoms with Crippen LogP contribution in [0.4, 0.5) is 4.39 Å². The van der Waals surface area contributed by atoms with Gasteiger partial charge in [0.2, 0.25) is 0 Å². The molecule has 0 fully saturated rings. The highest BCUT2D eigenvalue weighted by Crippen LogP contribution is 2.11. The van der Waals surface area contributed by atoms with Crippen LogP contribution >= 0.6 is 11.3 Å². The first kappa shape index (κ1) is 18.1. The highest BCUT2D eigenvalue weighted by Gasteiger charge is 2.22. The number of esters is 1. The van der Waals surface area contributed by atoms with Crippen LogP contribution in [0.3, 0.4) is 0 Å². The van der Waals surface area contributed by atoms with Crippen LogP contribution in [-0.2, 0) is 27.3 Å². The predicted octanol–water partition coefficient (Wildman–Crippen LogP) is 2.72. The van der Waals surface area contributed by atoms with Crippen molar-refractivity contribution in [3.63, 3.8) is 0 Å². The van der Waals surface area contributed by atoms with Crippen molar-refractivity contribution in [1.82, 2.24) is 9.88 Å². The molecule has 0 N–H and O–H groups in total. The second-order valence-electron chi connectivity index (χ2n) is 5.49. The normalized spacial score (nSPS) is 11.8. The summed E-state index contributed by atoms with van der Waals surface area (Å²) in [5.74, 6) is -1.20. The summed E-state index contributed by atoms with van der Waals surface area (Å²) >= 11 is 1.45. The highest BCUT2D eigenvalue weighted by atomic mass is 32.1. The predicted molar refractivity (Wildman–Crippen MR) is 89.0 cm³/mol. The summed E-state index contributed by atoms with van der Waals surface area (Å²) in [6.07, 6.45) is -0.869. The summed E-state index contributed by atoms with van der Waals surface area (Å²) in [7, 11) is 1.58.